The fourth-order valence-corrected chi connectivity index (χ4v) is 2.36. The second kappa shape index (κ2) is 5.14. The summed E-state index contributed by atoms with van der Waals surface area (Å²) in [4.78, 5) is 11.1. The molecule has 0 amide bonds. The van der Waals surface area contributed by atoms with Crippen LogP contribution < -0.4 is 5.32 Å². The lowest BCUT2D eigenvalue weighted by Gasteiger charge is -2.13. The molecular formula is C12H11FN2O2S. The Bertz CT molecular complexity index is 557. The van der Waals surface area contributed by atoms with Crippen LogP contribution >= 0.6 is 11.3 Å². The molecule has 4 nitrogen and oxygen atoms in total. The van der Waals surface area contributed by atoms with Crippen molar-refractivity contribution in [3.8, 4) is 0 Å². The summed E-state index contributed by atoms with van der Waals surface area (Å²) in [5.41, 5.74) is 0.151. The van der Waals surface area contributed by atoms with Gasteiger partial charge >= 0.3 is 0 Å². The average Bonchev–Trinajstić information content (AvgIpc) is 2.81. The summed E-state index contributed by atoms with van der Waals surface area (Å²) < 4.78 is 13.2. The Balaban J connectivity index is 2.21. The number of hydrogen-bond donors (Lipinski definition) is 1. The summed E-state index contributed by atoms with van der Waals surface area (Å²) >= 11 is 1.57. The second-order valence-electron chi connectivity index (χ2n) is 3.84. The van der Waals surface area contributed by atoms with Crippen LogP contribution in [0.3, 0.4) is 0 Å². The van der Waals surface area contributed by atoms with Crippen molar-refractivity contribution in [3.05, 3.63) is 56.5 Å². The normalized spacial score (nSPS) is 12.1. The van der Waals surface area contributed by atoms with Crippen molar-refractivity contribution in [2.75, 3.05) is 5.32 Å². The maximum atomic E-state index is 13.2. The van der Waals surface area contributed by atoms with Crippen LogP contribution in [0.15, 0.2) is 35.7 Å². The SMILES string of the molecule is CC(Nc1cc(F)cc([N+](=O)[O-])c1)c1cccs1. The maximum Gasteiger partial charge on any atom is 0.274 e. The summed E-state index contributed by atoms with van der Waals surface area (Å²) in [6, 6.07) is 7.33. The van der Waals surface area contributed by atoms with Crippen molar-refractivity contribution in [3.63, 3.8) is 0 Å². The summed E-state index contributed by atoms with van der Waals surface area (Å²) in [7, 11) is 0. The van der Waals surface area contributed by atoms with Gasteiger partial charge in [-0.25, -0.2) is 4.39 Å². The zero-order valence-corrected chi connectivity index (χ0v) is 10.4. The van der Waals surface area contributed by atoms with Gasteiger partial charge in [-0.15, -0.1) is 11.3 Å². The lowest BCUT2D eigenvalue weighted by atomic mass is 10.2. The Morgan fingerprint density at radius 2 is 2.22 bits per heavy atom. The van der Waals surface area contributed by atoms with Crippen molar-refractivity contribution in [1.29, 1.82) is 0 Å². The third-order valence-corrected chi connectivity index (χ3v) is 3.50. The van der Waals surface area contributed by atoms with Gasteiger partial charge in [-0.2, -0.15) is 0 Å². The maximum absolute atomic E-state index is 13.2. The van der Waals surface area contributed by atoms with Gasteiger partial charge in [0, 0.05) is 16.6 Å². The molecule has 0 saturated heterocycles. The number of halogens is 1. The highest BCUT2D eigenvalue weighted by atomic mass is 32.1. The number of nitrogens with one attached hydrogen (secondary N) is 1. The average molecular weight is 266 g/mol. The van der Waals surface area contributed by atoms with Gasteiger partial charge in [0.2, 0.25) is 0 Å². The Hall–Kier alpha value is -1.95. The van der Waals surface area contributed by atoms with Gasteiger partial charge in [0.25, 0.3) is 5.69 Å². The van der Waals surface area contributed by atoms with Crippen molar-refractivity contribution >= 4 is 22.7 Å². The molecule has 94 valence electrons. The largest absolute Gasteiger partial charge is 0.377 e. The first kappa shape index (κ1) is 12.5. The molecule has 2 aromatic rings. The second-order valence-corrected chi connectivity index (χ2v) is 4.82. The van der Waals surface area contributed by atoms with Crippen LogP contribution in [0.4, 0.5) is 15.8 Å². The van der Waals surface area contributed by atoms with E-state index in [1.165, 1.54) is 12.1 Å². The Morgan fingerprint density at radius 1 is 1.44 bits per heavy atom. The molecule has 0 aliphatic carbocycles. The van der Waals surface area contributed by atoms with Crippen LogP contribution in [0.1, 0.15) is 17.8 Å². The van der Waals surface area contributed by atoms with Gasteiger partial charge in [-0.3, -0.25) is 10.1 Å². The molecule has 1 unspecified atom stereocenters. The first-order valence-electron chi connectivity index (χ1n) is 5.31. The van der Waals surface area contributed by atoms with Crippen molar-refractivity contribution in [2.24, 2.45) is 0 Å². The van der Waals surface area contributed by atoms with Gasteiger partial charge in [0.1, 0.15) is 5.82 Å². The zero-order valence-electron chi connectivity index (χ0n) is 9.59. The number of anilines is 1. The van der Waals surface area contributed by atoms with Gasteiger partial charge < -0.3 is 5.32 Å². The first-order chi connectivity index (χ1) is 8.56. The summed E-state index contributed by atoms with van der Waals surface area (Å²) in [6.45, 7) is 1.92. The fourth-order valence-electron chi connectivity index (χ4n) is 1.62. The molecule has 0 aliphatic rings. The standard InChI is InChI=1S/C12H11FN2O2S/c1-8(12-3-2-4-18-12)14-10-5-9(13)6-11(7-10)15(16)17/h2-8,14H,1H3. The Labute approximate surface area is 107 Å². The molecule has 18 heavy (non-hydrogen) atoms. The molecule has 0 radical (unpaired) electrons. The number of nitro groups is 1. The van der Waals surface area contributed by atoms with Crippen LogP contribution in [0.25, 0.3) is 0 Å². The minimum Gasteiger partial charge on any atom is -0.377 e. The molecule has 0 fully saturated rings. The highest BCUT2D eigenvalue weighted by molar-refractivity contribution is 7.10. The van der Waals surface area contributed by atoms with E-state index in [4.69, 9.17) is 0 Å². The van der Waals surface area contributed by atoms with E-state index in [1.54, 1.807) is 11.3 Å². The molecule has 1 heterocycles. The van der Waals surface area contributed by atoms with E-state index < -0.39 is 10.7 Å². The number of nitrogens with zero attached hydrogens (tertiary/aromatic N) is 1. The lowest BCUT2D eigenvalue weighted by molar-refractivity contribution is -0.385. The number of nitro benzene ring substituents is 1. The number of hydrogen-bond acceptors (Lipinski definition) is 4. The quantitative estimate of drug-likeness (QED) is 0.673. The molecular weight excluding hydrogens is 255 g/mol. The van der Waals surface area contributed by atoms with E-state index in [1.807, 2.05) is 24.4 Å². The Morgan fingerprint density at radius 3 is 2.83 bits per heavy atom. The molecule has 6 heteroatoms. The van der Waals surface area contributed by atoms with Gasteiger partial charge in [0.15, 0.2) is 0 Å². The minimum atomic E-state index is -0.620. The number of rotatable bonds is 4. The van der Waals surface area contributed by atoms with Crippen LogP contribution in [0.2, 0.25) is 0 Å². The smallest absolute Gasteiger partial charge is 0.274 e. The van der Waals surface area contributed by atoms with Crippen molar-refractivity contribution < 1.29 is 9.31 Å². The predicted molar refractivity (Wildman–Crippen MR) is 69.4 cm³/mol. The fraction of sp³-hybridized carbons (Fsp3) is 0.167. The van der Waals surface area contributed by atoms with E-state index in [-0.39, 0.29) is 11.7 Å². The van der Waals surface area contributed by atoms with E-state index in [0.717, 1.165) is 10.9 Å². The molecule has 2 rings (SSSR count). The van der Waals surface area contributed by atoms with Crippen LogP contribution in [0.5, 0.6) is 0 Å². The van der Waals surface area contributed by atoms with E-state index in [9.17, 15) is 14.5 Å². The third-order valence-electron chi connectivity index (χ3n) is 2.45. The number of non-ortho nitro benzene ring substituents is 1. The minimum absolute atomic E-state index is 0.0218. The monoisotopic (exact) mass is 266 g/mol. The molecule has 0 spiro atoms. The van der Waals surface area contributed by atoms with Gasteiger partial charge in [0.05, 0.1) is 17.0 Å². The lowest BCUT2D eigenvalue weighted by Crippen LogP contribution is -2.05. The molecule has 1 N–H and O–H groups in total. The predicted octanol–water partition coefficient (Wildman–Crippen LogP) is 3.97. The Kier molecular flexibility index (Phi) is 3.57. The highest BCUT2D eigenvalue weighted by Crippen LogP contribution is 2.26. The molecule has 1 atom stereocenters. The third kappa shape index (κ3) is 2.84. The summed E-state index contributed by atoms with van der Waals surface area (Å²) in [6.07, 6.45) is 0. The molecule has 0 bridgehead atoms. The van der Waals surface area contributed by atoms with Crippen molar-refractivity contribution in [1.82, 2.24) is 0 Å². The summed E-state index contributed by atoms with van der Waals surface area (Å²) in [5, 5.41) is 15.6. The number of thiophene rings is 1. The zero-order chi connectivity index (χ0) is 13.1. The van der Waals surface area contributed by atoms with E-state index >= 15 is 0 Å². The van der Waals surface area contributed by atoms with E-state index in [0.29, 0.717) is 5.69 Å². The van der Waals surface area contributed by atoms with Gasteiger partial charge in [-0.05, 0) is 24.4 Å². The van der Waals surface area contributed by atoms with Gasteiger partial charge in [-0.1, -0.05) is 6.07 Å². The first-order valence-corrected chi connectivity index (χ1v) is 6.19. The van der Waals surface area contributed by atoms with E-state index in [2.05, 4.69) is 5.32 Å². The van der Waals surface area contributed by atoms with Crippen molar-refractivity contribution in [2.45, 2.75) is 13.0 Å². The molecule has 0 aliphatic heterocycles. The van der Waals surface area contributed by atoms with Crippen LogP contribution in [-0.4, -0.2) is 4.92 Å². The summed E-state index contributed by atoms with van der Waals surface area (Å²) in [5.74, 6) is -0.620. The molecule has 0 saturated carbocycles. The number of benzene rings is 1. The highest BCUT2D eigenvalue weighted by Gasteiger charge is 2.12. The topological polar surface area (TPSA) is 55.2 Å². The van der Waals surface area contributed by atoms with Crippen LogP contribution in [0, 0.1) is 15.9 Å². The van der Waals surface area contributed by atoms with Crippen LogP contribution in [-0.2, 0) is 0 Å². The molecule has 1 aromatic carbocycles. The molecule has 1 aromatic heterocycles.